The molecule has 2 amide bonds. The number of halogens is 2. The van der Waals surface area contributed by atoms with Gasteiger partial charge in [0.2, 0.25) is 5.43 Å². The van der Waals surface area contributed by atoms with Crippen LogP contribution in [0.2, 0.25) is 5.02 Å². The number of fused-ring (bicyclic) bond motifs is 3. The average molecular weight is 493 g/mol. The number of piperidine rings is 1. The SMILES string of the molecule is COC[C@@H](C)N1C(=O)c2c(O)c(=O)c(C(=O)NCc3cccc(Cl)c3F)cn2N2CCCC[C@@H]12. The van der Waals surface area contributed by atoms with Gasteiger partial charge in [0.1, 0.15) is 17.5 Å². The lowest BCUT2D eigenvalue weighted by Crippen LogP contribution is -2.65. The Morgan fingerprint density at radius 3 is 2.85 bits per heavy atom. The van der Waals surface area contributed by atoms with E-state index < -0.39 is 28.8 Å². The summed E-state index contributed by atoms with van der Waals surface area (Å²) < 4.78 is 20.8. The van der Waals surface area contributed by atoms with Crippen LogP contribution in [0.25, 0.3) is 0 Å². The summed E-state index contributed by atoms with van der Waals surface area (Å²) in [7, 11) is 1.54. The lowest BCUT2D eigenvalue weighted by atomic mass is 10.0. The molecule has 34 heavy (non-hydrogen) atoms. The zero-order chi connectivity index (χ0) is 24.6. The Hall–Kier alpha value is -3.11. The molecule has 0 spiro atoms. The molecule has 2 N–H and O–H groups in total. The number of methoxy groups -OCH3 is 1. The van der Waals surface area contributed by atoms with Gasteiger partial charge in [-0.15, -0.1) is 0 Å². The van der Waals surface area contributed by atoms with Crippen molar-refractivity contribution < 1.29 is 23.8 Å². The number of nitrogens with one attached hydrogen (secondary N) is 1. The van der Waals surface area contributed by atoms with Gasteiger partial charge >= 0.3 is 0 Å². The average Bonchev–Trinajstić information content (AvgIpc) is 2.82. The molecule has 0 radical (unpaired) electrons. The van der Waals surface area contributed by atoms with Crippen molar-refractivity contribution in [1.82, 2.24) is 14.9 Å². The lowest BCUT2D eigenvalue weighted by molar-refractivity contribution is 0.0245. The summed E-state index contributed by atoms with van der Waals surface area (Å²) in [5, 5.41) is 15.0. The minimum absolute atomic E-state index is 0.0832. The maximum absolute atomic E-state index is 14.2. The third-order valence-corrected chi connectivity index (χ3v) is 6.53. The summed E-state index contributed by atoms with van der Waals surface area (Å²) in [6.07, 6.45) is 3.42. The Morgan fingerprint density at radius 2 is 2.12 bits per heavy atom. The van der Waals surface area contributed by atoms with Crippen molar-refractivity contribution in [1.29, 1.82) is 0 Å². The molecule has 2 aliphatic rings. The molecule has 11 heteroatoms. The summed E-state index contributed by atoms with van der Waals surface area (Å²) in [6, 6.07) is 4.11. The molecule has 4 rings (SSSR count). The Morgan fingerprint density at radius 1 is 1.35 bits per heavy atom. The number of aromatic nitrogens is 1. The number of amides is 2. The number of benzene rings is 1. The second-order valence-corrected chi connectivity index (χ2v) is 8.87. The van der Waals surface area contributed by atoms with E-state index in [9.17, 15) is 23.9 Å². The highest BCUT2D eigenvalue weighted by Crippen LogP contribution is 2.31. The molecule has 1 aromatic heterocycles. The Labute approximate surface area is 200 Å². The fourth-order valence-corrected chi connectivity index (χ4v) is 4.81. The van der Waals surface area contributed by atoms with Crippen LogP contribution in [0.5, 0.6) is 5.75 Å². The van der Waals surface area contributed by atoms with E-state index >= 15 is 0 Å². The first-order valence-corrected chi connectivity index (χ1v) is 11.4. The number of carbonyl (C=O) groups excluding carboxylic acids is 2. The van der Waals surface area contributed by atoms with E-state index in [4.69, 9.17) is 16.3 Å². The maximum atomic E-state index is 14.2. The van der Waals surface area contributed by atoms with Gasteiger partial charge in [-0.25, -0.2) is 4.39 Å². The number of carbonyl (C=O) groups is 2. The molecule has 0 saturated carbocycles. The van der Waals surface area contributed by atoms with Crippen molar-refractivity contribution in [2.24, 2.45) is 0 Å². The van der Waals surface area contributed by atoms with Crippen molar-refractivity contribution in [3.8, 4) is 5.75 Å². The predicted octanol–water partition coefficient (Wildman–Crippen LogP) is 2.22. The van der Waals surface area contributed by atoms with Crippen molar-refractivity contribution in [3.05, 3.63) is 62.3 Å². The molecule has 0 bridgehead atoms. The highest BCUT2D eigenvalue weighted by molar-refractivity contribution is 6.30. The third-order valence-electron chi connectivity index (χ3n) is 6.24. The molecule has 2 aromatic rings. The van der Waals surface area contributed by atoms with E-state index in [1.165, 1.54) is 23.0 Å². The molecule has 182 valence electrons. The fourth-order valence-electron chi connectivity index (χ4n) is 4.61. The first-order chi connectivity index (χ1) is 16.3. The number of rotatable bonds is 6. The summed E-state index contributed by atoms with van der Waals surface area (Å²) in [6.45, 7) is 2.50. The van der Waals surface area contributed by atoms with Gasteiger partial charge in [-0.2, -0.15) is 0 Å². The maximum Gasteiger partial charge on any atom is 0.278 e. The van der Waals surface area contributed by atoms with Crippen LogP contribution in [-0.4, -0.2) is 59.0 Å². The van der Waals surface area contributed by atoms with E-state index in [2.05, 4.69) is 5.32 Å². The summed E-state index contributed by atoms with van der Waals surface area (Å²) in [5.41, 5.74) is -1.36. The summed E-state index contributed by atoms with van der Waals surface area (Å²) in [4.78, 5) is 40.8. The molecule has 1 fully saturated rings. The van der Waals surface area contributed by atoms with Crippen LogP contribution in [0.1, 0.15) is 52.6 Å². The largest absolute Gasteiger partial charge is 0.502 e. The van der Waals surface area contributed by atoms with Crippen molar-refractivity contribution in [3.63, 3.8) is 0 Å². The Balaban J connectivity index is 1.70. The van der Waals surface area contributed by atoms with Gasteiger partial charge in [-0.05, 0) is 32.3 Å². The minimum Gasteiger partial charge on any atom is -0.502 e. The Kier molecular flexibility index (Phi) is 6.81. The standard InChI is InChI=1S/C23H26ClFN4O5/c1-13(12-34-2)29-17-8-3-4-9-27(17)28-11-15(20(30)21(31)19(28)23(29)33)22(32)26-10-14-6-5-7-16(24)18(14)25/h5-7,11,13,17,31H,3-4,8-10,12H2,1-2H3,(H,26,32)/t13-,17-/m1/s1. The predicted molar refractivity (Wildman–Crippen MR) is 123 cm³/mol. The minimum atomic E-state index is -0.974. The van der Waals surface area contributed by atoms with Crippen LogP contribution in [0.15, 0.2) is 29.2 Å². The van der Waals surface area contributed by atoms with Crippen LogP contribution in [0, 0.1) is 5.82 Å². The molecule has 1 saturated heterocycles. The lowest BCUT2D eigenvalue weighted by Gasteiger charge is -2.50. The van der Waals surface area contributed by atoms with Gasteiger partial charge in [-0.1, -0.05) is 23.7 Å². The van der Waals surface area contributed by atoms with E-state index in [0.717, 1.165) is 12.8 Å². The fraction of sp³-hybridized carbons (Fsp3) is 0.435. The molecular weight excluding hydrogens is 467 g/mol. The first kappa shape index (κ1) is 24.0. The molecule has 0 aliphatic carbocycles. The molecule has 3 heterocycles. The van der Waals surface area contributed by atoms with Crippen LogP contribution < -0.4 is 15.8 Å². The van der Waals surface area contributed by atoms with Gasteiger partial charge in [0.15, 0.2) is 11.4 Å². The third kappa shape index (κ3) is 4.12. The smallest absolute Gasteiger partial charge is 0.278 e. The number of pyridine rings is 1. The quantitative estimate of drug-likeness (QED) is 0.641. The monoisotopic (exact) mass is 492 g/mol. The van der Waals surface area contributed by atoms with Gasteiger partial charge in [0, 0.05) is 32.0 Å². The van der Waals surface area contributed by atoms with Crippen LogP contribution in [0.3, 0.4) is 0 Å². The summed E-state index contributed by atoms with van der Waals surface area (Å²) in [5.74, 6) is -2.77. The molecule has 0 unspecified atom stereocenters. The highest BCUT2D eigenvalue weighted by atomic mass is 35.5. The van der Waals surface area contributed by atoms with Gasteiger partial charge in [0.05, 0.1) is 17.7 Å². The van der Waals surface area contributed by atoms with E-state index in [1.54, 1.807) is 18.1 Å². The van der Waals surface area contributed by atoms with Gasteiger partial charge in [0.25, 0.3) is 11.8 Å². The second-order valence-electron chi connectivity index (χ2n) is 8.47. The van der Waals surface area contributed by atoms with Crippen molar-refractivity contribution in [2.75, 3.05) is 25.3 Å². The van der Waals surface area contributed by atoms with E-state index in [1.807, 2.05) is 11.9 Å². The van der Waals surface area contributed by atoms with Crippen LogP contribution >= 0.6 is 11.6 Å². The zero-order valence-corrected chi connectivity index (χ0v) is 19.6. The number of nitrogens with zero attached hydrogens (tertiary/aromatic N) is 3. The first-order valence-electron chi connectivity index (χ1n) is 11.0. The number of aromatic hydroxyl groups is 1. The molecule has 1 aromatic carbocycles. The molecular formula is C23H26ClFN4O5. The number of ether oxygens (including phenoxy) is 1. The van der Waals surface area contributed by atoms with E-state index in [-0.39, 0.29) is 40.6 Å². The van der Waals surface area contributed by atoms with Gasteiger partial charge in [-0.3, -0.25) is 24.1 Å². The summed E-state index contributed by atoms with van der Waals surface area (Å²) >= 11 is 5.78. The highest BCUT2D eigenvalue weighted by Gasteiger charge is 2.43. The Bertz CT molecular complexity index is 1190. The normalized spacial score (nSPS) is 18.4. The second kappa shape index (κ2) is 9.63. The van der Waals surface area contributed by atoms with Crippen LogP contribution in [0.4, 0.5) is 4.39 Å². The van der Waals surface area contributed by atoms with E-state index in [0.29, 0.717) is 19.6 Å². The number of hydrogen-bond acceptors (Lipinski definition) is 6. The van der Waals surface area contributed by atoms with Crippen molar-refractivity contribution >= 4 is 23.4 Å². The molecule has 2 atom stereocenters. The zero-order valence-electron chi connectivity index (χ0n) is 18.9. The molecule has 9 nitrogen and oxygen atoms in total. The topological polar surface area (TPSA) is 104 Å². The number of hydrogen-bond donors (Lipinski definition) is 2. The van der Waals surface area contributed by atoms with Gasteiger partial charge < -0.3 is 20.1 Å². The van der Waals surface area contributed by atoms with Crippen LogP contribution in [-0.2, 0) is 11.3 Å². The van der Waals surface area contributed by atoms with Crippen molar-refractivity contribution in [2.45, 2.75) is 44.9 Å². The molecule has 2 aliphatic heterocycles.